The van der Waals surface area contributed by atoms with E-state index < -0.39 is 5.82 Å². The molecule has 0 saturated carbocycles. The second kappa shape index (κ2) is 7.68. The molecule has 2 aromatic rings. The number of amides is 2. The highest BCUT2D eigenvalue weighted by molar-refractivity contribution is 5.95. The second-order valence-electron chi connectivity index (χ2n) is 6.88. The van der Waals surface area contributed by atoms with Crippen LogP contribution in [0.1, 0.15) is 34.3 Å². The van der Waals surface area contributed by atoms with Crippen molar-refractivity contribution in [1.29, 1.82) is 0 Å². The molecule has 0 atom stereocenters. The average Bonchev–Trinajstić information content (AvgIpc) is 2.63. The summed E-state index contributed by atoms with van der Waals surface area (Å²) in [5, 5.41) is 3.00. The van der Waals surface area contributed by atoms with E-state index in [1.54, 1.807) is 11.0 Å². The Morgan fingerprint density at radius 3 is 2.46 bits per heavy atom. The minimum absolute atomic E-state index is 0.00481. The van der Waals surface area contributed by atoms with E-state index in [1.165, 1.54) is 18.2 Å². The van der Waals surface area contributed by atoms with E-state index >= 15 is 0 Å². The number of anilines is 1. The van der Waals surface area contributed by atoms with Gasteiger partial charge in [0.1, 0.15) is 5.82 Å². The van der Waals surface area contributed by atoms with Crippen LogP contribution in [0.15, 0.2) is 42.5 Å². The lowest BCUT2D eigenvalue weighted by atomic mass is 9.95. The third-order valence-corrected chi connectivity index (χ3v) is 4.86. The summed E-state index contributed by atoms with van der Waals surface area (Å²) in [5.41, 5.74) is 3.38. The third-order valence-electron chi connectivity index (χ3n) is 4.86. The standard InChI is InChI=1S/C21H23FN2O2/c1-14-6-7-19(15(2)12-14)23-20(25)16-8-10-24(11-9-16)21(26)17-4-3-5-18(22)13-17/h3-7,12-13,16H,8-11H2,1-2H3,(H,23,25). The summed E-state index contributed by atoms with van der Waals surface area (Å²) >= 11 is 0. The van der Waals surface area contributed by atoms with E-state index in [9.17, 15) is 14.0 Å². The van der Waals surface area contributed by atoms with Gasteiger partial charge < -0.3 is 10.2 Å². The van der Waals surface area contributed by atoms with Crippen LogP contribution in [0.5, 0.6) is 0 Å². The molecule has 136 valence electrons. The van der Waals surface area contributed by atoms with Crippen LogP contribution in [-0.4, -0.2) is 29.8 Å². The predicted octanol–water partition coefficient (Wildman–Crippen LogP) is 3.93. The van der Waals surface area contributed by atoms with Crippen LogP contribution in [-0.2, 0) is 4.79 Å². The summed E-state index contributed by atoms with van der Waals surface area (Å²) in [5.74, 6) is -0.724. The van der Waals surface area contributed by atoms with Crippen LogP contribution in [0.25, 0.3) is 0 Å². The number of nitrogens with one attached hydrogen (secondary N) is 1. The fourth-order valence-corrected chi connectivity index (χ4v) is 3.34. The number of likely N-dealkylation sites (tertiary alicyclic amines) is 1. The van der Waals surface area contributed by atoms with Crippen molar-refractivity contribution in [3.63, 3.8) is 0 Å². The molecule has 2 amide bonds. The molecule has 1 aliphatic heterocycles. The van der Waals surface area contributed by atoms with Crippen molar-refractivity contribution in [2.75, 3.05) is 18.4 Å². The molecule has 2 aromatic carbocycles. The normalized spacial score (nSPS) is 15.0. The highest BCUT2D eigenvalue weighted by Crippen LogP contribution is 2.23. The van der Waals surface area contributed by atoms with Gasteiger partial charge in [-0.2, -0.15) is 0 Å². The van der Waals surface area contributed by atoms with E-state index in [2.05, 4.69) is 5.32 Å². The molecule has 0 aromatic heterocycles. The molecule has 1 aliphatic rings. The lowest BCUT2D eigenvalue weighted by Gasteiger charge is -2.31. The molecular weight excluding hydrogens is 331 g/mol. The van der Waals surface area contributed by atoms with Gasteiger partial charge in [-0.05, 0) is 56.5 Å². The van der Waals surface area contributed by atoms with Crippen molar-refractivity contribution in [2.45, 2.75) is 26.7 Å². The maximum Gasteiger partial charge on any atom is 0.253 e. The molecule has 0 bridgehead atoms. The summed E-state index contributed by atoms with van der Waals surface area (Å²) in [4.78, 5) is 26.7. The smallest absolute Gasteiger partial charge is 0.253 e. The third kappa shape index (κ3) is 4.10. The number of halogens is 1. The Morgan fingerprint density at radius 1 is 1.08 bits per heavy atom. The fraction of sp³-hybridized carbons (Fsp3) is 0.333. The molecule has 1 heterocycles. The first-order valence-electron chi connectivity index (χ1n) is 8.87. The van der Waals surface area contributed by atoms with Crippen molar-refractivity contribution in [1.82, 2.24) is 4.90 Å². The first-order chi connectivity index (χ1) is 12.4. The van der Waals surface area contributed by atoms with Gasteiger partial charge in [-0.25, -0.2) is 4.39 Å². The molecule has 0 unspecified atom stereocenters. The Kier molecular flexibility index (Phi) is 5.35. The largest absolute Gasteiger partial charge is 0.339 e. The van der Waals surface area contributed by atoms with Gasteiger partial charge in [0.2, 0.25) is 5.91 Å². The first-order valence-corrected chi connectivity index (χ1v) is 8.87. The SMILES string of the molecule is Cc1ccc(NC(=O)C2CCN(C(=O)c3cccc(F)c3)CC2)c(C)c1. The Bertz CT molecular complexity index is 827. The molecule has 26 heavy (non-hydrogen) atoms. The maximum absolute atomic E-state index is 13.3. The molecule has 4 nitrogen and oxygen atoms in total. The van der Waals surface area contributed by atoms with Crippen molar-refractivity contribution >= 4 is 17.5 Å². The molecule has 0 spiro atoms. The zero-order chi connectivity index (χ0) is 18.7. The number of hydrogen-bond acceptors (Lipinski definition) is 2. The number of nitrogens with zero attached hydrogens (tertiary/aromatic N) is 1. The number of piperidine rings is 1. The fourth-order valence-electron chi connectivity index (χ4n) is 3.34. The van der Waals surface area contributed by atoms with E-state index in [0.29, 0.717) is 31.5 Å². The highest BCUT2D eigenvalue weighted by Gasteiger charge is 2.28. The molecule has 3 rings (SSSR count). The Balaban J connectivity index is 1.57. The number of rotatable bonds is 3. The van der Waals surface area contributed by atoms with E-state index in [0.717, 1.165) is 16.8 Å². The zero-order valence-electron chi connectivity index (χ0n) is 15.1. The number of carbonyl (C=O) groups is 2. The van der Waals surface area contributed by atoms with Gasteiger partial charge in [0.05, 0.1) is 0 Å². The minimum atomic E-state index is -0.418. The Morgan fingerprint density at radius 2 is 1.81 bits per heavy atom. The maximum atomic E-state index is 13.3. The number of benzene rings is 2. The average molecular weight is 354 g/mol. The van der Waals surface area contributed by atoms with Gasteiger partial charge in [-0.15, -0.1) is 0 Å². The van der Waals surface area contributed by atoms with Gasteiger partial charge in [0.15, 0.2) is 0 Å². The Labute approximate surface area is 153 Å². The zero-order valence-corrected chi connectivity index (χ0v) is 15.1. The van der Waals surface area contributed by atoms with Gasteiger partial charge in [-0.1, -0.05) is 23.8 Å². The summed E-state index contributed by atoms with van der Waals surface area (Å²) in [7, 11) is 0. The highest BCUT2D eigenvalue weighted by atomic mass is 19.1. The summed E-state index contributed by atoms with van der Waals surface area (Å²) in [6, 6.07) is 11.7. The number of carbonyl (C=O) groups excluding carboxylic acids is 2. The summed E-state index contributed by atoms with van der Waals surface area (Å²) in [6.07, 6.45) is 1.22. The van der Waals surface area contributed by atoms with Gasteiger partial charge in [0.25, 0.3) is 5.91 Å². The van der Waals surface area contributed by atoms with Gasteiger partial charge >= 0.3 is 0 Å². The molecule has 1 N–H and O–H groups in total. The van der Waals surface area contributed by atoms with Gasteiger partial charge in [-0.3, -0.25) is 9.59 Å². The summed E-state index contributed by atoms with van der Waals surface area (Å²) in [6.45, 7) is 4.99. The predicted molar refractivity (Wildman–Crippen MR) is 99.6 cm³/mol. The minimum Gasteiger partial charge on any atom is -0.339 e. The van der Waals surface area contributed by atoms with E-state index in [-0.39, 0.29) is 17.7 Å². The molecule has 0 aliphatic carbocycles. The molecule has 0 radical (unpaired) electrons. The van der Waals surface area contributed by atoms with Crippen LogP contribution in [0, 0.1) is 25.6 Å². The van der Waals surface area contributed by atoms with Crippen molar-refractivity contribution in [3.05, 3.63) is 65.0 Å². The van der Waals surface area contributed by atoms with Crippen LogP contribution in [0.2, 0.25) is 0 Å². The lowest BCUT2D eigenvalue weighted by Crippen LogP contribution is -2.41. The van der Waals surface area contributed by atoms with Crippen LogP contribution in [0.4, 0.5) is 10.1 Å². The number of hydrogen-bond donors (Lipinski definition) is 1. The number of aryl methyl sites for hydroxylation is 2. The van der Waals surface area contributed by atoms with E-state index in [1.807, 2.05) is 32.0 Å². The lowest BCUT2D eigenvalue weighted by molar-refractivity contribution is -0.121. The van der Waals surface area contributed by atoms with Crippen LogP contribution >= 0.6 is 0 Å². The van der Waals surface area contributed by atoms with Crippen LogP contribution < -0.4 is 5.32 Å². The summed E-state index contributed by atoms with van der Waals surface area (Å²) < 4.78 is 13.3. The van der Waals surface area contributed by atoms with E-state index in [4.69, 9.17) is 0 Å². The van der Waals surface area contributed by atoms with Crippen molar-refractivity contribution < 1.29 is 14.0 Å². The molecule has 1 saturated heterocycles. The monoisotopic (exact) mass is 354 g/mol. The van der Waals surface area contributed by atoms with Crippen LogP contribution in [0.3, 0.4) is 0 Å². The molecule has 5 heteroatoms. The topological polar surface area (TPSA) is 49.4 Å². The second-order valence-corrected chi connectivity index (χ2v) is 6.88. The molecular formula is C21H23FN2O2. The van der Waals surface area contributed by atoms with Crippen molar-refractivity contribution in [2.24, 2.45) is 5.92 Å². The molecule has 1 fully saturated rings. The quantitative estimate of drug-likeness (QED) is 0.908. The van der Waals surface area contributed by atoms with Gasteiger partial charge in [0, 0.05) is 30.3 Å². The Hall–Kier alpha value is -2.69. The van der Waals surface area contributed by atoms with Crippen molar-refractivity contribution in [3.8, 4) is 0 Å². The first kappa shape index (κ1) is 18.1.